The maximum absolute atomic E-state index is 12.1. The van der Waals surface area contributed by atoms with E-state index in [2.05, 4.69) is 10.6 Å². The lowest BCUT2D eigenvalue weighted by molar-refractivity contribution is -0.384. The number of non-ortho nitro benzene ring substituents is 1. The fourth-order valence-corrected chi connectivity index (χ4v) is 2.07. The van der Waals surface area contributed by atoms with E-state index in [-0.39, 0.29) is 17.0 Å². The molecule has 0 heterocycles. The van der Waals surface area contributed by atoms with Crippen molar-refractivity contribution < 1.29 is 14.8 Å². The van der Waals surface area contributed by atoms with Crippen molar-refractivity contribution in [3.8, 4) is 11.8 Å². The molecule has 8 nitrogen and oxygen atoms in total. The quantitative estimate of drug-likeness (QED) is 0.231. The van der Waals surface area contributed by atoms with Crippen molar-refractivity contribution in [3.05, 3.63) is 76.0 Å². The first kappa shape index (κ1) is 18.5. The van der Waals surface area contributed by atoms with Gasteiger partial charge in [0, 0.05) is 30.6 Å². The van der Waals surface area contributed by atoms with Crippen LogP contribution >= 0.6 is 0 Å². The summed E-state index contributed by atoms with van der Waals surface area (Å²) >= 11 is 0. The fraction of sp³-hybridized carbons (Fsp3) is 0.111. The molecule has 0 fully saturated rings. The van der Waals surface area contributed by atoms with Gasteiger partial charge < -0.3 is 15.7 Å². The van der Waals surface area contributed by atoms with Gasteiger partial charge in [-0.25, -0.2) is 0 Å². The van der Waals surface area contributed by atoms with Crippen molar-refractivity contribution in [2.24, 2.45) is 0 Å². The van der Waals surface area contributed by atoms with Gasteiger partial charge in [0.25, 0.3) is 11.6 Å². The van der Waals surface area contributed by atoms with E-state index in [9.17, 15) is 20.0 Å². The van der Waals surface area contributed by atoms with Crippen LogP contribution in [0.25, 0.3) is 0 Å². The standard InChI is InChI=1S/C18H16N4O4/c19-11-14(12-20-10-9-13-1-7-17(23)8-2-13)18(24)21-15-3-5-16(6-4-15)22(25)26/h1-8,12,20,23H,9-10H2,(H,21,24)/b14-12-. The molecule has 2 rings (SSSR count). The zero-order chi connectivity index (χ0) is 18.9. The molecule has 2 aromatic rings. The summed E-state index contributed by atoms with van der Waals surface area (Å²) < 4.78 is 0. The second kappa shape index (κ2) is 8.84. The minimum Gasteiger partial charge on any atom is -0.508 e. The van der Waals surface area contributed by atoms with Crippen LogP contribution in [0.1, 0.15) is 5.56 Å². The number of nitrogens with zero attached hydrogens (tertiary/aromatic N) is 2. The first-order valence-electron chi connectivity index (χ1n) is 7.67. The van der Waals surface area contributed by atoms with Crippen molar-refractivity contribution in [1.29, 1.82) is 5.26 Å². The molecule has 26 heavy (non-hydrogen) atoms. The molecule has 0 aliphatic heterocycles. The van der Waals surface area contributed by atoms with Crippen LogP contribution in [0.15, 0.2) is 60.3 Å². The number of phenols is 1. The number of nitro benzene ring substituents is 1. The maximum Gasteiger partial charge on any atom is 0.269 e. The highest BCUT2D eigenvalue weighted by atomic mass is 16.6. The Balaban J connectivity index is 1.88. The number of nitrogens with one attached hydrogen (secondary N) is 2. The van der Waals surface area contributed by atoms with Crippen molar-refractivity contribution in [2.75, 3.05) is 11.9 Å². The van der Waals surface area contributed by atoms with Gasteiger partial charge in [0.05, 0.1) is 4.92 Å². The zero-order valence-electron chi connectivity index (χ0n) is 13.7. The van der Waals surface area contributed by atoms with Crippen LogP contribution in [0.4, 0.5) is 11.4 Å². The number of carbonyl (C=O) groups is 1. The van der Waals surface area contributed by atoms with Gasteiger partial charge in [0.1, 0.15) is 17.4 Å². The van der Waals surface area contributed by atoms with Gasteiger partial charge in [-0.15, -0.1) is 0 Å². The van der Waals surface area contributed by atoms with Gasteiger partial charge >= 0.3 is 0 Å². The molecule has 0 aliphatic rings. The lowest BCUT2D eigenvalue weighted by Crippen LogP contribution is -2.18. The molecule has 0 aliphatic carbocycles. The number of amides is 1. The molecule has 132 valence electrons. The minimum atomic E-state index is -0.613. The minimum absolute atomic E-state index is 0.0880. The van der Waals surface area contributed by atoms with E-state index >= 15 is 0 Å². The predicted octanol–water partition coefficient (Wildman–Crippen LogP) is 2.48. The first-order valence-corrected chi connectivity index (χ1v) is 7.67. The summed E-state index contributed by atoms with van der Waals surface area (Å²) in [4.78, 5) is 22.1. The average molecular weight is 352 g/mol. The Kier molecular flexibility index (Phi) is 6.28. The molecule has 8 heteroatoms. The van der Waals surface area contributed by atoms with Crippen LogP contribution in [0.3, 0.4) is 0 Å². The number of anilines is 1. The second-order valence-corrected chi connectivity index (χ2v) is 5.30. The van der Waals surface area contributed by atoms with E-state index in [0.717, 1.165) is 5.56 Å². The molecular weight excluding hydrogens is 336 g/mol. The summed E-state index contributed by atoms with van der Waals surface area (Å²) in [6.07, 6.45) is 1.97. The molecule has 0 aromatic heterocycles. The third kappa shape index (κ3) is 5.35. The van der Waals surface area contributed by atoms with Crippen molar-refractivity contribution in [3.63, 3.8) is 0 Å². The predicted molar refractivity (Wildman–Crippen MR) is 95.2 cm³/mol. The Labute approximate surface area is 149 Å². The SMILES string of the molecule is N#C/C(=C/NCCc1ccc(O)cc1)C(=O)Nc1ccc([N+](=O)[O-])cc1. The van der Waals surface area contributed by atoms with Gasteiger partial charge in [-0.3, -0.25) is 14.9 Å². The summed E-state index contributed by atoms with van der Waals surface area (Å²) in [7, 11) is 0. The number of hydrogen-bond donors (Lipinski definition) is 3. The summed E-state index contributed by atoms with van der Waals surface area (Å²) in [5.74, 6) is -0.422. The van der Waals surface area contributed by atoms with Gasteiger partial charge in [0.2, 0.25) is 0 Å². The van der Waals surface area contributed by atoms with Gasteiger partial charge in [-0.05, 0) is 36.2 Å². The summed E-state index contributed by atoms with van der Waals surface area (Å²) in [6.45, 7) is 0.501. The highest BCUT2D eigenvalue weighted by Crippen LogP contribution is 2.16. The summed E-state index contributed by atoms with van der Waals surface area (Å²) in [5.41, 5.74) is 1.15. The van der Waals surface area contributed by atoms with E-state index in [1.807, 2.05) is 0 Å². The molecule has 0 spiro atoms. The van der Waals surface area contributed by atoms with Gasteiger partial charge in [-0.2, -0.15) is 5.26 Å². The molecule has 0 atom stereocenters. The molecule has 0 radical (unpaired) electrons. The Morgan fingerprint density at radius 1 is 1.19 bits per heavy atom. The Morgan fingerprint density at radius 3 is 2.42 bits per heavy atom. The molecule has 0 bridgehead atoms. The van der Waals surface area contributed by atoms with Crippen molar-refractivity contribution >= 4 is 17.3 Å². The summed E-state index contributed by atoms with van der Waals surface area (Å²) in [6, 6.07) is 13.9. The van der Waals surface area contributed by atoms with E-state index in [0.29, 0.717) is 18.7 Å². The summed E-state index contributed by atoms with van der Waals surface area (Å²) in [5, 5.41) is 34.3. The van der Waals surface area contributed by atoms with Crippen LogP contribution in [-0.2, 0) is 11.2 Å². The lowest BCUT2D eigenvalue weighted by atomic mass is 10.1. The van der Waals surface area contributed by atoms with E-state index in [4.69, 9.17) is 5.26 Å². The fourth-order valence-electron chi connectivity index (χ4n) is 2.07. The van der Waals surface area contributed by atoms with E-state index in [1.54, 1.807) is 30.3 Å². The van der Waals surface area contributed by atoms with Gasteiger partial charge in [-0.1, -0.05) is 12.1 Å². The Morgan fingerprint density at radius 2 is 1.85 bits per heavy atom. The topological polar surface area (TPSA) is 128 Å². The lowest BCUT2D eigenvalue weighted by Gasteiger charge is -2.05. The number of rotatable bonds is 7. The number of aromatic hydroxyl groups is 1. The van der Waals surface area contributed by atoms with Crippen molar-refractivity contribution in [1.82, 2.24) is 5.32 Å². The third-order valence-corrected chi connectivity index (χ3v) is 3.44. The Hall–Kier alpha value is -3.86. The van der Waals surface area contributed by atoms with Crippen molar-refractivity contribution in [2.45, 2.75) is 6.42 Å². The number of benzene rings is 2. The van der Waals surface area contributed by atoms with E-state index in [1.165, 1.54) is 30.5 Å². The molecule has 1 amide bonds. The Bertz CT molecular complexity index is 852. The average Bonchev–Trinajstić information content (AvgIpc) is 2.63. The van der Waals surface area contributed by atoms with Crippen LogP contribution in [-0.4, -0.2) is 22.5 Å². The monoisotopic (exact) mass is 352 g/mol. The molecular formula is C18H16N4O4. The van der Waals surface area contributed by atoms with Crippen LogP contribution in [0.5, 0.6) is 5.75 Å². The normalized spacial score (nSPS) is 10.7. The molecule has 3 N–H and O–H groups in total. The molecule has 0 saturated carbocycles. The molecule has 0 saturated heterocycles. The third-order valence-electron chi connectivity index (χ3n) is 3.44. The zero-order valence-corrected chi connectivity index (χ0v) is 13.7. The number of phenolic OH excluding ortho intramolecular Hbond substituents is 1. The van der Waals surface area contributed by atoms with E-state index < -0.39 is 10.8 Å². The second-order valence-electron chi connectivity index (χ2n) is 5.30. The maximum atomic E-state index is 12.1. The first-order chi connectivity index (χ1) is 12.5. The highest BCUT2D eigenvalue weighted by Gasteiger charge is 2.10. The molecule has 0 unspecified atom stereocenters. The number of nitro groups is 1. The largest absolute Gasteiger partial charge is 0.508 e. The van der Waals surface area contributed by atoms with Gasteiger partial charge in [0.15, 0.2) is 0 Å². The van der Waals surface area contributed by atoms with Crippen LogP contribution in [0.2, 0.25) is 0 Å². The highest BCUT2D eigenvalue weighted by molar-refractivity contribution is 6.06. The van der Waals surface area contributed by atoms with Crippen LogP contribution in [0, 0.1) is 21.4 Å². The molecule has 2 aromatic carbocycles. The number of carbonyl (C=O) groups excluding carboxylic acids is 1. The number of nitriles is 1. The van der Waals surface area contributed by atoms with Crippen LogP contribution < -0.4 is 10.6 Å². The smallest absolute Gasteiger partial charge is 0.269 e. The number of hydrogen-bond acceptors (Lipinski definition) is 6.